The van der Waals surface area contributed by atoms with Crippen LogP contribution >= 0.6 is 11.6 Å². The van der Waals surface area contributed by atoms with E-state index in [2.05, 4.69) is 0 Å². The number of allylic oxidation sites excluding steroid dienone is 1. The number of amides is 1. The Bertz CT molecular complexity index is 1100. The van der Waals surface area contributed by atoms with Crippen LogP contribution in [0.4, 0.5) is 4.39 Å². The van der Waals surface area contributed by atoms with E-state index in [-0.39, 0.29) is 40.2 Å². The second-order valence-corrected chi connectivity index (χ2v) is 7.92. The van der Waals surface area contributed by atoms with Crippen molar-refractivity contribution in [3.8, 4) is 11.5 Å². The summed E-state index contributed by atoms with van der Waals surface area (Å²) in [6.45, 7) is 0.513. The van der Waals surface area contributed by atoms with Gasteiger partial charge >= 0.3 is 5.97 Å². The van der Waals surface area contributed by atoms with E-state index in [0.29, 0.717) is 31.7 Å². The van der Waals surface area contributed by atoms with E-state index in [1.54, 1.807) is 11.0 Å². The molecular weight excluding hydrogens is 441 g/mol. The van der Waals surface area contributed by atoms with Crippen LogP contribution in [0.3, 0.4) is 0 Å². The SMILES string of the molecule is O=C1C(=Cc2c(F)cccc2Cl)Oc2cc(OCC(=O)N3CCC(C(=O)O)CC3)ccc21. The number of halogens is 2. The van der Waals surface area contributed by atoms with Gasteiger partial charge in [0, 0.05) is 24.7 Å². The molecule has 2 aromatic rings. The fraction of sp³-hybridized carbons (Fsp3) is 0.261. The van der Waals surface area contributed by atoms with Crippen LogP contribution < -0.4 is 9.47 Å². The third-order valence-corrected chi connectivity index (χ3v) is 5.81. The van der Waals surface area contributed by atoms with E-state index >= 15 is 0 Å². The number of hydrogen-bond acceptors (Lipinski definition) is 5. The molecule has 4 rings (SSSR count). The van der Waals surface area contributed by atoms with Gasteiger partial charge in [0.1, 0.15) is 17.3 Å². The molecule has 166 valence electrons. The van der Waals surface area contributed by atoms with Crippen LogP contribution in [-0.4, -0.2) is 47.4 Å². The molecule has 0 radical (unpaired) electrons. The Morgan fingerprint density at radius 1 is 1.25 bits per heavy atom. The van der Waals surface area contributed by atoms with Gasteiger partial charge in [0.25, 0.3) is 5.91 Å². The maximum Gasteiger partial charge on any atom is 0.306 e. The van der Waals surface area contributed by atoms with Crippen molar-refractivity contribution in [2.75, 3.05) is 19.7 Å². The number of benzene rings is 2. The summed E-state index contributed by atoms with van der Waals surface area (Å²) in [5.74, 6) is -2.01. The standard InChI is InChI=1S/C23H19ClFNO6/c24-17-2-1-3-18(25)16(17)11-20-22(28)15-5-4-14(10-19(15)32-20)31-12-21(27)26-8-6-13(7-9-26)23(29)30/h1-5,10-11,13H,6-9,12H2,(H,29,30). The van der Waals surface area contributed by atoms with Gasteiger partial charge in [0.15, 0.2) is 12.4 Å². The van der Waals surface area contributed by atoms with Crippen LogP contribution in [0.15, 0.2) is 42.2 Å². The van der Waals surface area contributed by atoms with E-state index in [1.807, 2.05) is 0 Å². The summed E-state index contributed by atoms with van der Waals surface area (Å²) in [7, 11) is 0. The van der Waals surface area contributed by atoms with E-state index in [4.69, 9.17) is 26.2 Å². The largest absolute Gasteiger partial charge is 0.484 e. The normalized spacial score (nSPS) is 17.2. The van der Waals surface area contributed by atoms with Gasteiger partial charge in [-0.15, -0.1) is 0 Å². The number of fused-ring (bicyclic) bond motifs is 1. The number of Topliss-reactive ketones (excluding diaryl/α,β-unsaturated/α-hetero) is 1. The van der Waals surface area contributed by atoms with Crippen molar-refractivity contribution in [3.05, 3.63) is 64.1 Å². The second kappa shape index (κ2) is 9.00. The average Bonchev–Trinajstić information content (AvgIpc) is 3.09. The molecule has 0 bridgehead atoms. The molecule has 2 aromatic carbocycles. The second-order valence-electron chi connectivity index (χ2n) is 7.52. The van der Waals surface area contributed by atoms with Crippen LogP contribution in [0.5, 0.6) is 11.5 Å². The summed E-state index contributed by atoms with van der Waals surface area (Å²) in [5, 5.41) is 9.20. The monoisotopic (exact) mass is 459 g/mol. The van der Waals surface area contributed by atoms with Gasteiger partial charge in [-0.2, -0.15) is 0 Å². The number of aliphatic carboxylic acids is 1. The maximum atomic E-state index is 14.0. The van der Waals surface area contributed by atoms with E-state index in [9.17, 15) is 18.8 Å². The van der Waals surface area contributed by atoms with Crippen molar-refractivity contribution in [3.63, 3.8) is 0 Å². The summed E-state index contributed by atoms with van der Waals surface area (Å²) < 4.78 is 25.2. The minimum atomic E-state index is -0.841. The number of carbonyl (C=O) groups excluding carboxylic acids is 2. The molecule has 1 N–H and O–H groups in total. The first-order valence-electron chi connectivity index (χ1n) is 9.99. The number of carbonyl (C=O) groups is 3. The zero-order valence-electron chi connectivity index (χ0n) is 16.8. The minimum absolute atomic E-state index is 0.0547. The van der Waals surface area contributed by atoms with Crippen LogP contribution in [0, 0.1) is 11.7 Å². The third kappa shape index (κ3) is 4.45. The molecule has 2 aliphatic heterocycles. The van der Waals surface area contributed by atoms with Crippen LogP contribution in [0.1, 0.15) is 28.8 Å². The Labute approximate surface area is 188 Å². The highest BCUT2D eigenvalue weighted by molar-refractivity contribution is 6.32. The van der Waals surface area contributed by atoms with E-state index in [0.717, 1.165) is 0 Å². The fourth-order valence-electron chi connectivity index (χ4n) is 3.65. The lowest BCUT2D eigenvalue weighted by atomic mass is 9.97. The molecule has 2 heterocycles. The highest BCUT2D eigenvalue weighted by atomic mass is 35.5. The van der Waals surface area contributed by atoms with Crippen molar-refractivity contribution in [1.82, 2.24) is 4.90 Å². The van der Waals surface area contributed by atoms with Gasteiger partial charge in [-0.1, -0.05) is 17.7 Å². The molecule has 1 fully saturated rings. The highest BCUT2D eigenvalue weighted by Crippen LogP contribution is 2.36. The van der Waals surface area contributed by atoms with Gasteiger partial charge in [0.2, 0.25) is 5.78 Å². The van der Waals surface area contributed by atoms with Crippen molar-refractivity contribution in [2.45, 2.75) is 12.8 Å². The molecule has 0 aliphatic carbocycles. The summed E-state index contributed by atoms with van der Waals surface area (Å²) in [5.41, 5.74) is 0.345. The van der Waals surface area contributed by atoms with E-state index < -0.39 is 23.5 Å². The van der Waals surface area contributed by atoms with Gasteiger partial charge in [0.05, 0.1) is 16.5 Å². The number of ketones is 1. The number of ether oxygens (including phenoxy) is 2. The van der Waals surface area contributed by atoms with Crippen LogP contribution in [0.25, 0.3) is 6.08 Å². The van der Waals surface area contributed by atoms with E-state index in [1.165, 1.54) is 36.4 Å². The number of carboxylic acid groups (broad SMARTS) is 1. The molecular formula is C23H19ClFNO6. The average molecular weight is 460 g/mol. The lowest BCUT2D eigenvalue weighted by molar-refractivity contribution is -0.146. The first-order valence-corrected chi connectivity index (χ1v) is 10.4. The number of rotatable bonds is 5. The molecule has 1 amide bonds. The lowest BCUT2D eigenvalue weighted by Gasteiger charge is -2.30. The Morgan fingerprint density at radius 3 is 2.69 bits per heavy atom. The molecule has 0 aromatic heterocycles. The topological polar surface area (TPSA) is 93.1 Å². The molecule has 0 spiro atoms. The fourth-order valence-corrected chi connectivity index (χ4v) is 3.87. The zero-order chi connectivity index (χ0) is 22.8. The third-order valence-electron chi connectivity index (χ3n) is 5.48. The number of carboxylic acids is 1. The molecule has 0 unspecified atom stereocenters. The van der Waals surface area contributed by atoms with Crippen molar-refractivity contribution in [1.29, 1.82) is 0 Å². The summed E-state index contributed by atoms with van der Waals surface area (Å²) in [6.07, 6.45) is 2.08. The van der Waals surface area contributed by atoms with Gasteiger partial charge in [-0.05, 0) is 43.2 Å². The lowest BCUT2D eigenvalue weighted by Crippen LogP contribution is -2.42. The van der Waals surface area contributed by atoms with Crippen LogP contribution in [-0.2, 0) is 9.59 Å². The summed E-state index contributed by atoms with van der Waals surface area (Å²) >= 11 is 6.01. The number of nitrogens with zero attached hydrogens (tertiary/aromatic N) is 1. The Balaban J connectivity index is 1.40. The molecule has 2 aliphatic rings. The smallest absolute Gasteiger partial charge is 0.306 e. The van der Waals surface area contributed by atoms with Crippen molar-refractivity contribution >= 4 is 35.3 Å². The van der Waals surface area contributed by atoms with Crippen molar-refractivity contribution in [2.24, 2.45) is 5.92 Å². The predicted molar refractivity (Wildman–Crippen MR) is 113 cm³/mol. The molecule has 7 nitrogen and oxygen atoms in total. The maximum absolute atomic E-state index is 14.0. The first kappa shape index (κ1) is 21.8. The number of hydrogen-bond donors (Lipinski definition) is 1. The molecule has 9 heteroatoms. The minimum Gasteiger partial charge on any atom is -0.484 e. The van der Waals surface area contributed by atoms with Gasteiger partial charge in [-0.3, -0.25) is 14.4 Å². The Hall–Kier alpha value is -3.39. The van der Waals surface area contributed by atoms with Gasteiger partial charge in [-0.25, -0.2) is 4.39 Å². The zero-order valence-corrected chi connectivity index (χ0v) is 17.6. The number of likely N-dealkylation sites (tertiary alicyclic amines) is 1. The van der Waals surface area contributed by atoms with Crippen molar-refractivity contribution < 1.29 is 33.4 Å². The van der Waals surface area contributed by atoms with Gasteiger partial charge < -0.3 is 19.5 Å². The predicted octanol–water partition coefficient (Wildman–Crippen LogP) is 3.80. The Kier molecular flexibility index (Phi) is 6.14. The molecule has 0 atom stereocenters. The molecule has 32 heavy (non-hydrogen) atoms. The summed E-state index contributed by atoms with van der Waals surface area (Å²) in [6, 6.07) is 8.75. The summed E-state index contributed by atoms with van der Waals surface area (Å²) in [4.78, 5) is 37.5. The molecule has 0 saturated carbocycles. The first-order chi connectivity index (χ1) is 15.3. The number of piperidine rings is 1. The van der Waals surface area contributed by atoms with Crippen LogP contribution in [0.2, 0.25) is 5.02 Å². The Morgan fingerprint density at radius 2 is 2.00 bits per heavy atom. The highest BCUT2D eigenvalue weighted by Gasteiger charge is 2.29. The quantitative estimate of drug-likeness (QED) is 0.684. The molecule has 1 saturated heterocycles.